The molecule has 0 saturated carbocycles. The van der Waals surface area contributed by atoms with Crippen LogP contribution in [0.2, 0.25) is 0 Å². The van der Waals surface area contributed by atoms with Crippen LogP contribution in [0.4, 0.5) is 0 Å². The second-order valence-electron chi connectivity index (χ2n) is 6.29. The summed E-state index contributed by atoms with van der Waals surface area (Å²) < 4.78 is 5.07. The number of carbonyl (C=O) groups excluding carboxylic acids is 2. The normalized spacial score (nSPS) is 17.3. The molecule has 0 aromatic rings. The molecule has 122 valence electrons. The lowest BCUT2D eigenvalue weighted by molar-refractivity contribution is -0.149. The number of nitrogens with zero attached hydrogens (tertiary/aromatic N) is 2. The van der Waals surface area contributed by atoms with Gasteiger partial charge in [0.1, 0.15) is 0 Å². The Balaban J connectivity index is 2.45. The van der Waals surface area contributed by atoms with Gasteiger partial charge in [0.15, 0.2) is 0 Å². The number of hydrogen-bond acceptors (Lipinski definition) is 4. The van der Waals surface area contributed by atoms with E-state index in [4.69, 9.17) is 4.74 Å². The molecule has 0 N–H and O–H groups in total. The first-order valence-electron chi connectivity index (χ1n) is 8.06. The van der Waals surface area contributed by atoms with Gasteiger partial charge in [-0.05, 0) is 60.5 Å². The average molecular weight is 298 g/mol. The average Bonchev–Trinajstić information content (AvgIpc) is 2.38. The Labute approximate surface area is 128 Å². The van der Waals surface area contributed by atoms with Crippen molar-refractivity contribution in [3.05, 3.63) is 0 Å². The standard InChI is InChI=1S/C16H30N2O3/c1-6-21-16(20)14-7-9-17(10-8-14)11-15(19)18(12(2)3)13(4)5/h12-14H,6-11H2,1-5H3. The molecule has 1 aliphatic heterocycles. The predicted octanol–water partition coefficient (Wildman–Crippen LogP) is 1.91. The van der Waals surface area contributed by atoms with E-state index in [1.807, 2.05) is 39.5 Å². The van der Waals surface area contributed by atoms with Crippen LogP contribution in [-0.2, 0) is 14.3 Å². The van der Waals surface area contributed by atoms with Crippen molar-refractivity contribution in [3.63, 3.8) is 0 Å². The highest BCUT2D eigenvalue weighted by Gasteiger charge is 2.28. The first-order chi connectivity index (χ1) is 9.86. The second kappa shape index (κ2) is 8.37. The first kappa shape index (κ1) is 18.0. The van der Waals surface area contributed by atoms with Crippen molar-refractivity contribution >= 4 is 11.9 Å². The summed E-state index contributed by atoms with van der Waals surface area (Å²) in [5, 5.41) is 0. The van der Waals surface area contributed by atoms with Crippen LogP contribution >= 0.6 is 0 Å². The van der Waals surface area contributed by atoms with Crippen LogP contribution in [-0.4, -0.2) is 60.0 Å². The Morgan fingerprint density at radius 3 is 2.10 bits per heavy atom. The van der Waals surface area contributed by atoms with Crippen molar-refractivity contribution in [2.75, 3.05) is 26.2 Å². The maximum Gasteiger partial charge on any atom is 0.309 e. The third-order valence-corrected chi connectivity index (χ3v) is 3.97. The SMILES string of the molecule is CCOC(=O)C1CCN(CC(=O)N(C(C)C)C(C)C)CC1. The van der Waals surface area contributed by atoms with Crippen molar-refractivity contribution in [3.8, 4) is 0 Å². The van der Waals surface area contributed by atoms with E-state index >= 15 is 0 Å². The monoisotopic (exact) mass is 298 g/mol. The number of rotatable bonds is 6. The molecule has 5 heteroatoms. The molecule has 0 unspecified atom stereocenters. The molecule has 0 spiro atoms. The Kier molecular flexibility index (Phi) is 7.15. The number of carbonyl (C=O) groups is 2. The third kappa shape index (κ3) is 5.30. The van der Waals surface area contributed by atoms with Crippen LogP contribution in [0.25, 0.3) is 0 Å². The van der Waals surface area contributed by atoms with E-state index in [0.717, 1.165) is 25.9 Å². The number of esters is 1. The second-order valence-corrected chi connectivity index (χ2v) is 6.29. The number of hydrogen-bond donors (Lipinski definition) is 0. The lowest BCUT2D eigenvalue weighted by Crippen LogP contribution is -2.49. The Morgan fingerprint density at radius 1 is 1.14 bits per heavy atom. The molecule has 0 atom stereocenters. The van der Waals surface area contributed by atoms with Gasteiger partial charge >= 0.3 is 5.97 Å². The molecule has 21 heavy (non-hydrogen) atoms. The van der Waals surface area contributed by atoms with E-state index in [1.165, 1.54) is 0 Å². The zero-order chi connectivity index (χ0) is 16.0. The minimum atomic E-state index is -0.0885. The minimum Gasteiger partial charge on any atom is -0.466 e. The molecule has 1 heterocycles. The van der Waals surface area contributed by atoms with Crippen molar-refractivity contribution < 1.29 is 14.3 Å². The Bertz CT molecular complexity index is 339. The van der Waals surface area contributed by atoms with Gasteiger partial charge in [0.25, 0.3) is 0 Å². The van der Waals surface area contributed by atoms with Crippen LogP contribution in [0.5, 0.6) is 0 Å². The van der Waals surface area contributed by atoms with Gasteiger partial charge < -0.3 is 9.64 Å². The minimum absolute atomic E-state index is 0.00241. The van der Waals surface area contributed by atoms with E-state index < -0.39 is 0 Å². The summed E-state index contributed by atoms with van der Waals surface area (Å²) in [4.78, 5) is 28.2. The molecule has 1 saturated heterocycles. The molecule has 0 aliphatic carbocycles. The van der Waals surface area contributed by atoms with Gasteiger partial charge in [0.05, 0.1) is 19.1 Å². The van der Waals surface area contributed by atoms with E-state index in [2.05, 4.69) is 4.90 Å². The van der Waals surface area contributed by atoms with Crippen molar-refractivity contribution in [2.45, 2.75) is 59.5 Å². The van der Waals surface area contributed by atoms with Crippen LogP contribution < -0.4 is 0 Å². The summed E-state index contributed by atoms with van der Waals surface area (Å²) in [5.74, 6) is 0.0895. The van der Waals surface area contributed by atoms with Gasteiger partial charge in [0.2, 0.25) is 5.91 Å². The van der Waals surface area contributed by atoms with Gasteiger partial charge in [-0.25, -0.2) is 0 Å². The van der Waals surface area contributed by atoms with Gasteiger partial charge in [0, 0.05) is 12.1 Å². The fourth-order valence-electron chi connectivity index (χ4n) is 3.03. The molecule has 0 aromatic heterocycles. The summed E-state index contributed by atoms with van der Waals surface area (Å²) in [7, 11) is 0. The first-order valence-corrected chi connectivity index (χ1v) is 8.06. The number of amides is 1. The molecule has 0 radical (unpaired) electrons. The van der Waals surface area contributed by atoms with Gasteiger partial charge in [-0.1, -0.05) is 0 Å². The van der Waals surface area contributed by atoms with E-state index in [9.17, 15) is 9.59 Å². The molecule has 1 amide bonds. The predicted molar refractivity (Wildman–Crippen MR) is 82.9 cm³/mol. The van der Waals surface area contributed by atoms with Crippen molar-refractivity contribution in [1.82, 2.24) is 9.80 Å². The zero-order valence-corrected chi connectivity index (χ0v) is 14.1. The van der Waals surface area contributed by atoms with Gasteiger partial charge in [-0.15, -0.1) is 0 Å². The van der Waals surface area contributed by atoms with Crippen molar-refractivity contribution in [1.29, 1.82) is 0 Å². The summed E-state index contributed by atoms with van der Waals surface area (Å²) in [6.07, 6.45) is 1.57. The van der Waals surface area contributed by atoms with Crippen LogP contribution in [0.1, 0.15) is 47.5 Å². The molecule has 1 fully saturated rings. The molecular formula is C16H30N2O3. The highest BCUT2D eigenvalue weighted by Crippen LogP contribution is 2.19. The fourth-order valence-corrected chi connectivity index (χ4v) is 3.03. The smallest absolute Gasteiger partial charge is 0.309 e. The molecular weight excluding hydrogens is 268 g/mol. The third-order valence-electron chi connectivity index (χ3n) is 3.97. The van der Waals surface area contributed by atoms with E-state index in [-0.39, 0.29) is 29.9 Å². The lowest BCUT2D eigenvalue weighted by atomic mass is 9.97. The molecule has 0 bridgehead atoms. The Morgan fingerprint density at radius 2 is 1.67 bits per heavy atom. The topological polar surface area (TPSA) is 49.9 Å². The number of likely N-dealkylation sites (tertiary alicyclic amines) is 1. The zero-order valence-electron chi connectivity index (χ0n) is 14.1. The maximum atomic E-state index is 12.4. The highest BCUT2D eigenvalue weighted by molar-refractivity contribution is 5.79. The molecule has 1 rings (SSSR count). The van der Waals surface area contributed by atoms with Crippen LogP contribution in [0, 0.1) is 5.92 Å². The Hall–Kier alpha value is -1.10. The molecule has 0 aromatic carbocycles. The largest absolute Gasteiger partial charge is 0.466 e. The molecule has 1 aliphatic rings. The van der Waals surface area contributed by atoms with Crippen LogP contribution in [0.15, 0.2) is 0 Å². The molecule has 5 nitrogen and oxygen atoms in total. The van der Waals surface area contributed by atoms with E-state index in [1.54, 1.807) is 0 Å². The van der Waals surface area contributed by atoms with Gasteiger partial charge in [-0.3, -0.25) is 14.5 Å². The lowest BCUT2D eigenvalue weighted by Gasteiger charge is -2.35. The van der Waals surface area contributed by atoms with Crippen molar-refractivity contribution in [2.24, 2.45) is 5.92 Å². The number of piperidine rings is 1. The van der Waals surface area contributed by atoms with Gasteiger partial charge in [-0.2, -0.15) is 0 Å². The maximum absolute atomic E-state index is 12.4. The summed E-state index contributed by atoms with van der Waals surface area (Å²) in [5.41, 5.74) is 0. The quantitative estimate of drug-likeness (QED) is 0.703. The summed E-state index contributed by atoms with van der Waals surface area (Å²) >= 11 is 0. The van der Waals surface area contributed by atoms with Crippen LogP contribution in [0.3, 0.4) is 0 Å². The van der Waals surface area contributed by atoms with E-state index in [0.29, 0.717) is 13.2 Å². The summed E-state index contributed by atoms with van der Waals surface area (Å²) in [6, 6.07) is 0.434. The fraction of sp³-hybridized carbons (Fsp3) is 0.875. The summed E-state index contributed by atoms with van der Waals surface area (Å²) in [6.45, 7) is 12.5. The number of ether oxygens (including phenoxy) is 1. The highest BCUT2D eigenvalue weighted by atomic mass is 16.5.